The van der Waals surface area contributed by atoms with Crippen LogP contribution in [0.2, 0.25) is 0 Å². The average molecular weight is 192 g/mol. The van der Waals surface area contributed by atoms with Gasteiger partial charge in [-0.05, 0) is 11.6 Å². The highest BCUT2D eigenvalue weighted by atomic mass is 35.5. The fourth-order valence-corrected chi connectivity index (χ4v) is 0.791. The van der Waals surface area contributed by atoms with Crippen LogP contribution in [0.25, 0.3) is 0 Å². The lowest BCUT2D eigenvalue weighted by Crippen LogP contribution is -2.29. The minimum Gasteiger partial charge on any atom is -0.412 e. The summed E-state index contributed by atoms with van der Waals surface area (Å²) in [5.41, 5.74) is 6.19. The number of nitrogens with two attached hydrogens (primary N) is 1. The Kier molecular flexibility index (Phi) is 4.50. The molecule has 0 unspecified atom stereocenters. The summed E-state index contributed by atoms with van der Waals surface area (Å²) in [6.45, 7) is 0. The first kappa shape index (κ1) is 11.1. The van der Waals surface area contributed by atoms with Gasteiger partial charge in [0.15, 0.2) is 0 Å². The first-order valence-corrected chi connectivity index (χ1v) is 3.50. The maximum absolute atomic E-state index is 10.5. The van der Waals surface area contributed by atoms with Gasteiger partial charge in [-0.3, -0.25) is 4.79 Å². The maximum Gasteiger partial charge on any atom is 0.238 e. The van der Waals surface area contributed by atoms with Gasteiger partial charge in [0.2, 0.25) is 5.24 Å². The van der Waals surface area contributed by atoms with E-state index in [0.717, 1.165) is 5.69 Å². The fraction of sp³-hybridized carbons (Fsp3) is 0.333. The Morgan fingerprint density at radius 1 is 1.83 bits per heavy atom. The minimum absolute atomic E-state index is 0. The van der Waals surface area contributed by atoms with E-state index in [1.807, 2.05) is 0 Å². The fourth-order valence-electron chi connectivity index (χ4n) is 0.713. The van der Waals surface area contributed by atoms with Gasteiger partial charge in [0.1, 0.15) is 0 Å². The summed E-state index contributed by atoms with van der Waals surface area (Å²) in [7, 11) is 0. The molecular weight excluding hydrogens is 182 g/mol. The molecule has 1 atom stereocenters. The Morgan fingerprint density at radius 2 is 2.50 bits per heavy atom. The van der Waals surface area contributed by atoms with Crippen LogP contribution in [-0.2, 0) is 11.2 Å². The zero-order chi connectivity index (χ0) is 8.27. The standard InChI is InChI=1S/C6H8ClN3O.H2O/c7-6(11)5(8)1-4-2-9-3-10-4;/h2-3,5H,1,8H2,(H,9,10);1H2/t5-;/m0./s1. The van der Waals surface area contributed by atoms with Gasteiger partial charge in [0, 0.05) is 18.3 Å². The number of aromatic nitrogens is 2. The molecule has 0 bridgehead atoms. The van der Waals surface area contributed by atoms with Crippen molar-refractivity contribution in [3.8, 4) is 0 Å². The Balaban J connectivity index is 0.00000121. The summed E-state index contributed by atoms with van der Waals surface area (Å²) >= 11 is 5.15. The van der Waals surface area contributed by atoms with Crippen molar-refractivity contribution in [1.82, 2.24) is 9.97 Å². The largest absolute Gasteiger partial charge is 0.412 e. The van der Waals surface area contributed by atoms with Crippen molar-refractivity contribution in [1.29, 1.82) is 0 Å². The van der Waals surface area contributed by atoms with E-state index in [1.54, 1.807) is 6.20 Å². The highest BCUT2D eigenvalue weighted by Gasteiger charge is 2.11. The van der Waals surface area contributed by atoms with E-state index >= 15 is 0 Å². The zero-order valence-corrected chi connectivity index (χ0v) is 7.01. The summed E-state index contributed by atoms with van der Waals surface area (Å²) in [5, 5.41) is -0.528. The first-order valence-electron chi connectivity index (χ1n) is 3.12. The molecule has 5 nitrogen and oxygen atoms in total. The molecule has 0 aromatic carbocycles. The smallest absolute Gasteiger partial charge is 0.238 e. The van der Waals surface area contributed by atoms with Crippen LogP contribution < -0.4 is 5.73 Å². The summed E-state index contributed by atoms with van der Waals surface area (Å²) in [5.74, 6) is 0. The van der Waals surface area contributed by atoms with Gasteiger partial charge in [0.25, 0.3) is 0 Å². The molecule has 0 fully saturated rings. The van der Waals surface area contributed by atoms with Gasteiger partial charge >= 0.3 is 0 Å². The number of carbonyl (C=O) groups is 1. The van der Waals surface area contributed by atoms with Crippen molar-refractivity contribution in [3.05, 3.63) is 18.2 Å². The molecule has 1 aromatic heterocycles. The highest BCUT2D eigenvalue weighted by Crippen LogP contribution is 1.98. The van der Waals surface area contributed by atoms with Crippen LogP contribution in [-0.4, -0.2) is 26.7 Å². The Bertz CT molecular complexity index is 237. The van der Waals surface area contributed by atoms with Gasteiger partial charge in [-0.15, -0.1) is 0 Å². The average Bonchev–Trinajstić information content (AvgIpc) is 2.39. The summed E-state index contributed by atoms with van der Waals surface area (Å²) in [6.07, 6.45) is 3.54. The molecule has 0 spiro atoms. The van der Waals surface area contributed by atoms with Crippen molar-refractivity contribution in [2.45, 2.75) is 12.5 Å². The number of imidazole rings is 1. The number of nitrogens with one attached hydrogen (secondary N) is 1. The van der Waals surface area contributed by atoms with Crippen molar-refractivity contribution in [2.75, 3.05) is 0 Å². The molecule has 12 heavy (non-hydrogen) atoms. The quantitative estimate of drug-likeness (QED) is 0.613. The normalized spacial score (nSPS) is 11.8. The Hall–Kier alpha value is -0.910. The monoisotopic (exact) mass is 191 g/mol. The summed E-state index contributed by atoms with van der Waals surface area (Å²) in [4.78, 5) is 17.1. The summed E-state index contributed by atoms with van der Waals surface area (Å²) in [6, 6.07) is -0.642. The molecule has 0 aliphatic rings. The van der Waals surface area contributed by atoms with Crippen LogP contribution in [0.4, 0.5) is 0 Å². The Labute approximate surface area is 74.2 Å². The molecular formula is C6H10ClN3O2. The van der Waals surface area contributed by atoms with Crippen molar-refractivity contribution in [2.24, 2.45) is 5.73 Å². The lowest BCUT2D eigenvalue weighted by molar-refractivity contribution is -0.112. The second-order valence-corrected chi connectivity index (χ2v) is 2.56. The van der Waals surface area contributed by atoms with Crippen molar-refractivity contribution in [3.63, 3.8) is 0 Å². The molecule has 68 valence electrons. The minimum atomic E-state index is -0.642. The van der Waals surface area contributed by atoms with Crippen LogP contribution in [0, 0.1) is 0 Å². The van der Waals surface area contributed by atoms with E-state index in [2.05, 4.69) is 9.97 Å². The van der Waals surface area contributed by atoms with Gasteiger partial charge in [-0.1, -0.05) is 0 Å². The number of hydrogen-bond donors (Lipinski definition) is 2. The van der Waals surface area contributed by atoms with Crippen LogP contribution in [0.3, 0.4) is 0 Å². The highest BCUT2D eigenvalue weighted by molar-refractivity contribution is 6.64. The number of rotatable bonds is 3. The van der Waals surface area contributed by atoms with E-state index in [4.69, 9.17) is 17.3 Å². The number of halogens is 1. The van der Waals surface area contributed by atoms with Crippen molar-refractivity contribution < 1.29 is 10.3 Å². The maximum atomic E-state index is 10.5. The predicted octanol–water partition coefficient (Wildman–Crippen LogP) is -0.780. The molecule has 0 aliphatic heterocycles. The molecule has 0 saturated carbocycles. The number of carbonyl (C=O) groups excluding carboxylic acids is 1. The first-order chi connectivity index (χ1) is 5.20. The third-order valence-electron chi connectivity index (χ3n) is 1.29. The van der Waals surface area contributed by atoms with Crippen LogP contribution in [0.5, 0.6) is 0 Å². The van der Waals surface area contributed by atoms with E-state index in [0.29, 0.717) is 6.42 Å². The lowest BCUT2D eigenvalue weighted by atomic mass is 10.2. The third kappa shape index (κ3) is 3.00. The third-order valence-corrected chi connectivity index (χ3v) is 1.57. The van der Waals surface area contributed by atoms with E-state index in [-0.39, 0.29) is 5.48 Å². The molecule has 6 heteroatoms. The van der Waals surface area contributed by atoms with Crippen LogP contribution >= 0.6 is 11.6 Å². The molecule has 0 aliphatic carbocycles. The van der Waals surface area contributed by atoms with Crippen LogP contribution in [0.15, 0.2) is 12.5 Å². The number of hydrogen-bond acceptors (Lipinski definition) is 3. The molecule has 5 N–H and O–H groups in total. The number of aromatic amines is 1. The van der Waals surface area contributed by atoms with E-state index < -0.39 is 11.3 Å². The van der Waals surface area contributed by atoms with Gasteiger partial charge in [-0.2, -0.15) is 0 Å². The molecule has 1 heterocycles. The van der Waals surface area contributed by atoms with Crippen molar-refractivity contribution >= 4 is 16.8 Å². The van der Waals surface area contributed by atoms with Gasteiger partial charge in [-0.25, -0.2) is 4.98 Å². The molecule has 0 radical (unpaired) electrons. The molecule has 0 saturated heterocycles. The van der Waals surface area contributed by atoms with Crippen LogP contribution in [0.1, 0.15) is 5.69 Å². The predicted molar refractivity (Wildman–Crippen MR) is 44.7 cm³/mol. The molecule has 1 aromatic rings. The van der Waals surface area contributed by atoms with E-state index in [1.165, 1.54) is 6.33 Å². The zero-order valence-electron chi connectivity index (χ0n) is 6.25. The number of H-pyrrole nitrogens is 1. The molecule has 1 rings (SSSR count). The Morgan fingerprint density at radius 3 is 2.92 bits per heavy atom. The topological polar surface area (TPSA) is 103 Å². The lowest BCUT2D eigenvalue weighted by Gasteiger charge is -2.02. The van der Waals surface area contributed by atoms with Gasteiger partial charge < -0.3 is 16.2 Å². The SMILES string of the molecule is N[C@@H](Cc1cnc[nH]1)C(=O)Cl.O. The summed E-state index contributed by atoms with van der Waals surface area (Å²) < 4.78 is 0. The number of nitrogens with zero attached hydrogens (tertiary/aromatic N) is 1. The van der Waals surface area contributed by atoms with Gasteiger partial charge in [0.05, 0.1) is 12.4 Å². The second-order valence-electron chi connectivity index (χ2n) is 2.19. The van der Waals surface area contributed by atoms with E-state index in [9.17, 15) is 4.79 Å². The second kappa shape index (κ2) is 4.87. The molecule has 0 amide bonds.